The van der Waals surface area contributed by atoms with Gasteiger partial charge in [0.25, 0.3) is 5.91 Å². The number of nitrogens with zero attached hydrogens (tertiary/aromatic N) is 1. The second-order valence-corrected chi connectivity index (χ2v) is 7.25. The number of β-lactam (4-membered cyclic amide) rings is 1. The van der Waals surface area contributed by atoms with E-state index < -0.39 is 29.9 Å². The van der Waals surface area contributed by atoms with E-state index in [2.05, 4.69) is 5.32 Å². The van der Waals surface area contributed by atoms with Gasteiger partial charge in [-0.1, -0.05) is 6.07 Å². The van der Waals surface area contributed by atoms with Crippen molar-refractivity contribution in [2.24, 2.45) is 0 Å². The monoisotopic (exact) mass is 376 g/mol. The summed E-state index contributed by atoms with van der Waals surface area (Å²) in [7, 11) is 0. The van der Waals surface area contributed by atoms with Crippen molar-refractivity contribution < 1.29 is 54.2 Å². The van der Waals surface area contributed by atoms with Crippen molar-refractivity contribution in [1.29, 1.82) is 0 Å². The molecule has 2 N–H and O–H groups in total. The summed E-state index contributed by atoms with van der Waals surface area (Å²) in [4.78, 5) is 37.4. The van der Waals surface area contributed by atoms with Gasteiger partial charge in [0, 0.05) is 10.6 Å². The summed E-state index contributed by atoms with van der Waals surface area (Å²) in [5.74, 6) is -1.98. The van der Waals surface area contributed by atoms with Crippen LogP contribution in [0.4, 0.5) is 0 Å². The molecule has 0 spiro atoms. The average Bonchev–Trinajstić information content (AvgIpc) is 3.03. The summed E-state index contributed by atoms with van der Waals surface area (Å²) in [5, 5.41) is 24.5. The molecule has 24 heavy (non-hydrogen) atoms. The number of nitrogens with one attached hydrogen (secondary N) is 1. The van der Waals surface area contributed by atoms with Crippen LogP contribution in [-0.4, -0.2) is 51.6 Å². The molecule has 2 aliphatic rings. The first kappa shape index (κ1) is 19.5. The number of hydrogen-bond donors (Lipinski definition) is 2. The number of aliphatic hydroxyl groups excluding tert-OH is 1. The molecule has 0 aromatic carbocycles. The molecule has 7 nitrogen and oxygen atoms in total. The number of carbonyl (C=O) groups excluding carboxylic acids is 3. The number of fused-ring (bicyclic) bond motifs is 1. The van der Waals surface area contributed by atoms with Crippen LogP contribution in [0.1, 0.15) is 4.88 Å². The maximum Gasteiger partial charge on any atom is 1.00 e. The van der Waals surface area contributed by atoms with Gasteiger partial charge < -0.3 is 20.3 Å². The van der Waals surface area contributed by atoms with Gasteiger partial charge in [-0.05, 0) is 17.0 Å². The van der Waals surface area contributed by atoms with Crippen molar-refractivity contribution in [2.45, 2.75) is 17.8 Å². The Balaban J connectivity index is 0.00000208. The Morgan fingerprint density at radius 1 is 1.46 bits per heavy atom. The zero-order chi connectivity index (χ0) is 16.6. The molecule has 1 saturated heterocycles. The molecule has 0 unspecified atom stereocenters. The first-order valence-electron chi connectivity index (χ1n) is 6.83. The molecule has 0 radical (unpaired) electrons. The smallest absolute Gasteiger partial charge is 0.543 e. The normalized spacial score (nSPS) is 22.4. The third kappa shape index (κ3) is 3.56. The number of hydrogen-bond acceptors (Lipinski definition) is 7. The molecule has 2 aliphatic heterocycles. The number of rotatable bonds is 5. The minimum Gasteiger partial charge on any atom is -0.543 e. The van der Waals surface area contributed by atoms with Crippen LogP contribution in [0.15, 0.2) is 28.8 Å². The van der Waals surface area contributed by atoms with Crippen LogP contribution in [0.25, 0.3) is 0 Å². The van der Waals surface area contributed by atoms with Gasteiger partial charge in [-0.25, -0.2) is 0 Å². The van der Waals surface area contributed by atoms with E-state index in [0.29, 0.717) is 0 Å². The topological polar surface area (TPSA) is 110 Å². The fourth-order valence-corrected chi connectivity index (χ4v) is 4.63. The molecule has 0 saturated carbocycles. The van der Waals surface area contributed by atoms with Crippen molar-refractivity contribution in [2.75, 3.05) is 12.4 Å². The first-order chi connectivity index (χ1) is 11.0. The van der Waals surface area contributed by atoms with Gasteiger partial charge in [-0.3, -0.25) is 14.5 Å². The van der Waals surface area contributed by atoms with E-state index in [-0.39, 0.29) is 58.9 Å². The van der Waals surface area contributed by atoms with Gasteiger partial charge in [0.2, 0.25) is 5.91 Å². The van der Waals surface area contributed by atoms with Crippen molar-refractivity contribution in [3.63, 3.8) is 0 Å². The van der Waals surface area contributed by atoms with Gasteiger partial charge in [0.05, 0.1) is 24.7 Å². The van der Waals surface area contributed by atoms with Gasteiger partial charge in [0.1, 0.15) is 11.4 Å². The molecule has 10 heteroatoms. The van der Waals surface area contributed by atoms with Crippen molar-refractivity contribution in [3.8, 4) is 0 Å². The zero-order valence-electron chi connectivity index (χ0n) is 12.9. The predicted molar refractivity (Wildman–Crippen MR) is 82.2 cm³/mol. The van der Waals surface area contributed by atoms with Crippen LogP contribution >= 0.6 is 23.1 Å². The standard InChI is InChI=1S/C14H14N2O5S2.Na/c17-5-7-6-23-13-10(12(19)16(13)11(7)14(20)21)15-9(18)4-8-2-1-3-22-8;/h1-3,10,13,17H,4-6H2,(H,15,18)(H,20,21);/q;+1/p-1/t10-,13+;/m0./s1. The number of thiophene rings is 1. The first-order valence-corrected chi connectivity index (χ1v) is 8.76. The fraction of sp³-hybridized carbons (Fsp3) is 0.357. The largest absolute Gasteiger partial charge is 1.00 e. The van der Waals surface area contributed by atoms with Crippen LogP contribution in [0.3, 0.4) is 0 Å². The molecule has 0 bridgehead atoms. The molecule has 0 aliphatic carbocycles. The van der Waals surface area contributed by atoms with E-state index in [4.69, 9.17) is 0 Å². The van der Waals surface area contributed by atoms with E-state index in [1.807, 2.05) is 17.5 Å². The van der Waals surface area contributed by atoms with Gasteiger partial charge in [-0.15, -0.1) is 23.1 Å². The molecule has 1 aromatic heterocycles. The quantitative estimate of drug-likeness (QED) is 0.397. The number of aliphatic hydroxyl groups is 1. The molecular formula is C14H13N2NaO5S2. The molecule has 1 aromatic rings. The number of carboxylic acid groups (broad SMARTS) is 1. The number of amides is 2. The molecular weight excluding hydrogens is 363 g/mol. The van der Waals surface area contributed by atoms with Crippen LogP contribution < -0.4 is 40.0 Å². The SMILES string of the molecule is O=C(Cc1cccs1)N[C@H]1C(=O)N2C(C(=O)[O-])=C(CO)CS[C@H]12.[Na+]. The number of carbonyl (C=O) groups is 3. The predicted octanol–water partition coefficient (Wildman–Crippen LogP) is -4.31. The van der Waals surface area contributed by atoms with Gasteiger partial charge >= 0.3 is 29.6 Å². The van der Waals surface area contributed by atoms with Crippen LogP contribution in [-0.2, 0) is 20.8 Å². The molecule has 122 valence electrons. The van der Waals surface area contributed by atoms with Crippen molar-refractivity contribution in [3.05, 3.63) is 33.7 Å². The molecule has 2 atom stereocenters. The number of carboxylic acids is 1. The van der Waals surface area contributed by atoms with Crippen LogP contribution in [0.2, 0.25) is 0 Å². The Hall–Kier alpha value is -0.840. The summed E-state index contributed by atoms with van der Waals surface area (Å²) in [6.07, 6.45) is 0.184. The summed E-state index contributed by atoms with van der Waals surface area (Å²) in [6, 6.07) is 2.93. The minimum absolute atomic E-state index is 0. The van der Waals surface area contributed by atoms with Crippen LogP contribution in [0, 0.1) is 0 Å². The fourth-order valence-electron chi connectivity index (χ4n) is 2.59. The van der Waals surface area contributed by atoms with Crippen LogP contribution in [0.5, 0.6) is 0 Å². The maximum absolute atomic E-state index is 12.2. The Bertz CT molecular complexity index is 691. The molecule has 1 fully saturated rings. The summed E-state index contributed by atoms with van der Waals surface area (Å²) in [6.45, 7) is -0.442. The Labute approximate surface area is 168 Å². The molecule has 3 rings (SSSR count). The summed E-state index contributed by atoms with van der Waals surface area (Å²) < 4.78 is 0. The van der Waals surface area contributed by atoms with E-state index in [0.717, 1.165) is 9.78 Å². The number of aliphatic carboxylic acids is 1. The number of thioether (sulfide) groups is 1. The minimum atomic E-state index is -1.49. The van der Waals surface area contributed by atoms with E-state index >= 15 is 0 Å². The zero-order valence-corrected chi connectivity index (χ0v) is 16.5. The van der Waals surface area contributed by atoms with Crippen molar-refractivity contribution in [1.82, 2.24) is 10.2 Å². The van der Waals surface area contributed by atoms with Gasteiger partial charge in [0.15, 0.2) is 0 Å². The molecule has 3 heterocycles. The Kier molecular flexibility index (Phi) is 6.52. The average molecular weight is 376 g/mol. The molecule has 2 amide bonds. The second-order valence-electron chi connectivity index (χ2n) is 5.11. The second kappa shape index (κ2) is 8.03. The maximum atomic E-state index is 12.2. The Morgan fingerprint density at radius 3 is 2.79 bits per heavy atom. The third-order valence-electron chi connectivity index (χ3n) is 3.66. The van der Waals surface area contributed by atoms with Crippen molar-refractivity contribution >= 4 is 40.9 Å². The van der Waals surface area contributed by atoms with E-state index in [1.54, 1.807) is 0 Å². The van der Waals surface area contributed by atoms with Gasteiger partial charge in [-0.2, -0.15) is 0 Å². The van der Waals surface area contributed by atoms with E-state index in [9.17, 15) is 24.6 Å². The van der Waals surface area contributed by atoms with E-state index in [1.165, 1.54) is 23.1 Å². The summed E-state index contributed by atoms with van der Waals surface area (Å²) >= 11 is 2.77. The summed E-state index contributed by atoms with van der Waals surface area (Å²) in [5.41, 5.74) is -0.0204. The third-order valence-corrected chi connectivity index (χ3v) is 5.88. The Morgan fingerprint density at radius 2 is 2.21 bits per heavy atom.